The van der Waals surface area contributed by atoms with Gasteiger partial charge >= 0.3 is 39.5 Å². The lowest BCUT2D eigenvalue weighted by molar-refractivity contribution is -0.161. The fraction of sp³-hybridized carbons (Fsp3) is 0.952. The molecule has 0 fully saturated rings. The minimum absolute atomic E-state index is 0.108. The molecular formula is C84H164O17P2. The maximum Gasteiger partial charge on any atom is 0.472 e. The Kier molecular flexibility index (Phi) is 75.4. The maximum absolute atomic E-state index is 13.1. The summed E-state index contributed by atoms with van der Waals surface area (Å²) < 4.78 is 68.8. The van der Waals surface area contributed by atoms with E-state index in [-0.39, 0.29) is 25.7 Å². The van der Waals surface area contributed by atoms with E-state index < -0.39 is 97.5 Å². The molecule has 0 spiro atoms. The molecular weight excluding hydrogens is 1340 g/mol. The monoisotopic (exact) mass is 1510 g/mol. The highest BCUT2D eigenvalue weighted by atomic mass is 31.2. The Morgan fingerprint density at radius 1 is 0.262 bits per heavy atom. The van der Waals surface area contributed by atoms with E-state index in [4.69, 9.17) is 37.0 Å². The first-order valence-electron chi connectivity index (χ1n) is 43.6. The van der Waals surface area contributed by atoms with Crippen LogP contribution in [0.1, 0.15) is 452 Å². The molecule has 0 rings (SSSR count). The lowest BCUT2D eigenvalue weighted by Crippen LogP contribution is -2.30. The van der Waals surface area contributed by atoms with E-state index in [1.54, 1.807) is 0 Å². The summed E-state index contributed by atoms with van der Waals surface area (Å²) in [5.74, 6) is -1.38. The van der Waals surface area contributed by atoms with E-state index in [0.29, 0.717) is 25.7 Å². The van der Waals surface area contributed by atoms with Gasteiger partial charge in [-0.05, 0) is 31.6 Å². The molecule has 19 heteroatoms. The summed E-state index contributed by atoms with van der Waals surface area (Å²) in [6, 6.07) is 0. The summed E-state index contributed by atoms with van der Waals surface area (Å²) in [5, 5.41) is 10.7. The summed E-state index contributed by atoms with van der Waals surface area (Å²) in [6.07, 6.45) is 69.4. The normalized spacial score (nSPS) is 13.8. The van der Waals surface area contributed by atoms with Crippen molar-refractivity contribution in [2.45, 2.75) is 470 Å². The topological polar surface area (TPSA) is 237 Å². The summed E-state index contributed by atoms with van der Waals surface area (Å²) in [5.41, 5.74) is 0. The highest BCUT2D eigenvalue weighted by Crippen LogP contribution is 2.45. The number of unbranched alkanes of at least 4 members (excludes halogenated alkanes) is 56. The van der Waals surface area contributed by atoms with Crippen LogP contribution in [0.25, 0.3) is 0 Å². The molecule has 5 atom stereocenters. The molecule has 0 aliphatic carbocycles. The summed E-state index contributed by atoms with van der Waals surface area (Å²) in [7, 11) is -9.92. The van der Waals surface area contributed by atoms with Crippen LogP contribution < -0.4 is 0 Å². The van der Waals surface area contributed by atoms with Crippen LogP contribution in [0.15, 0.2) is 0 Å². The number of carbonyl (C=O) groups excluding carboxylic acids is 4. The van der Waals surface area contributed by atoms with Crippen molar-refractivity contribution in [3.05, 3.63) is 0 Å². The molecule has 0 aromatic heterocycles. The highest BCUT2D eigenvalue weighted by Gasteiger charge is 2.30. The molecule has 0 radical (unpaired) electrons. The zero-order valence-electron chi connectivity index (χ0n) is 67.5. The number of esters is 4. The van der Waals surface area contributed by atoms with Gasteiger partial charge in [0.2, 0.25) is 0 Å². The summed E-state index contributed by atoms with van der Waals surface area (Å²) in [4.78, 5) is 73.2. The van der Waals surface area contributed by atoms with Crippen molar-refractivity contribution < 1.29 is 80.2 Å². The first kappa shape index (κ1) is 101. The number of rotatable bonds is 84. The van der Waals surface area contributed by atoms with Crippen molar-refractivity contribution in [2.75, 3.05) is 39.6 Å². The van der Waals surface area contributed by atoms with Crippen LogP contribution in [0.2, 0.25) is 0 Å². The van der Waals surface area contributed by atoms with Gasteiger partial charge in [0.25, 0.3) is 0 Å². The van der Waals surface area contributed by atoms with Crippen molar-refractivity contribution in [3.63, 3.8) is 0 Å². The number of phosphoric acid groups is 2. The lowest BCUT2D eigenvalue weighted by Gasteiger charge is -2.21. The van der Waals surface area contributed by atoms with Crippen molar-refractivity contribution in [2.24, 2.45) is 5.92 Å². The van der Waals surface area contributed by atoms with Gasteiger partial charge in [0, 0.05) is 25.7 Å². The molecule has 0 amide bonds. The number of hydrogen-bond donors (Lipinski definition) is 3. The van der Waals surface area contributed by atoms with Gasteiger partial charge in [0.15, 0.2) is 12.2 Å². The summed E-state index contributed by atoms with van der Waals surface area (Å²) in [6.45, 7) is 7.32. The zero-order valence-corrected chi connectivity index (χ0v) is 69.3. The van der Waals surface area contributed by atoms with Crippen LogP contribution in [0.3, 0.4) is 0 Å². The Morgan fingerprint density at radius 3 is 0.660 bits per heavy atom. The van der Waals surface area contributed by atoms with Gasteiger partial charge < -0.3 is 33.8 Å². The summed E-state index contributed by atoms with van der Waals surface area (Å²) >= 11 is 0. The van der Waals surface area contributed by atoms with E-state index >= 15 is 0 Å². The fourth-order valence-electron chi connectivity index (χ4n) is 13.1. The Labute approximate surface area is 632 Å². The average molecular weight is 1510 g/mol. The first-order chi connectivity index (χ1) is 50.0. The third kappa shape index (κ3) is 78.0. The van der Waals surface area contributed by atoms with Gasteiger partial charge in [0.1, 0.15) is 19.3 Å². The van der Waals surface area contributed by atoms with Gasteiger partial charge in [-0.2, -0.15) is 0 Å². The largest absolute Gasteiger partial charge is 0.472 e. The standard InChI is InChI=1S/C84H164O17P2/c1-6-9-12-15-18-21-24-27-30-32-34-36-39-42-45-48-55-60-65-70-83(88)100-79(73-94-81(86)67-62-57-52-46-43-40-38-35-33-31-28-25-22-19-16-13-10-7-2)75-98-102(90,91)96-71-78(85)72-97-103(92,93)99-76-80(74-95-82(87)68-63-58-53-50-49-51-56-61-66-77(4)5)101-84(89)69-64-59-54-47-44-41-37-29-26-23-20-17-14-11-8-3/h77-80,85H,6-76H2,1-5H3,(H,90,91)(H,92,93)/t78-,79-,80-/m1/s1. The zero-order chi connectivity index (χ0) is 75.5. The molecule has 17 nitrogen and oxygen atoms in total. The number of aliphatic hydroxyl groups is 1. The molecule has 0 aromatic carbocycles. The van der Waals surface area contributed by atoms with Crippen molar-refractivity contribution in [3.8, 4) is 0 Å². The van der Waals surface area contributed by atoms with Crippen molar-refractivity contribution in [1.82, 2.24) is 0 Å². The highest BCUT2D eigenvalue weighted by molar-refractivity contribution is 7.47. The Bertz CT molecular complexity index is 1960. The van der Waals surface area contributed by atoms with E-state index in [9.17, 15) is 43.2 Å². The number of phosphoric ester groups is 2. The SMILES string of the molecule is CCCCCCCCCCCCCCCCCCCCCC(=O)O[C@H](COC(=O)CCCCCCCCCCCCCCCCCCCC)COP(=O)(O)OC[C@@H](O)COP(=O)(O)OC[C@@H](COC(=O)CCCCCCCCCCC(C)C)OC(=O)CCCCCCCCCCCCCCCCC. The van der Waals surface area contributed by atoms with E-state index in [2.05, 4.69) is 34.6 Å². The molecule has 2 unspecified atom stereocenters. The predicted molar refractivity (Wildman–Crippen MR) is 423 cm³/mol. The molecule has 0 saturated carbocycles. The minimum atomic E-state index is -4.96. The maximum atomic E-state index is 13.1. The van der Waals surface area contributed by atoms with E-state index in [1.807, 2.05) is 0 Å². The number of carbonyl (C=O) groups is 4. The fourth-order valence-corrected chi connectivity index (χ4v) is 14.7. The van der Waals surface area contributed by atoms with Crippen molar-refractivity contribution >= 4 is 39.5 Å². The van der Waals surface area contributed by atoms with Crippen LogP contribution in [0, 0.1) is 5.92 Å². The Morgan fingerprint density at radius 2 is 0.447 bits per heavy atom. The van der Waals surface area contributed by atoms with Gasteiger partial charge in [-0.1, -0.05) is 401 Å². The predicted octanol–water partition coefficient (Wildman–Crippen LogP) is 25.6. The second-order valence-electron chi connectivity index (χ2n) is 30.7. The van der Waals surface area contributed by atoms with Crippen LogP contribution in [0.4, 0.5) is 0 Å². The third-order valence-corrected chi connectivity index (χ3v) is 21.7. The molecule has 612 valence electrons. The molecule has 0 aliphatic rings. The smallest absolute Gasteiger partial charge is 0.462 e. The first-order valence-corrected chi connectivity index (χ1v) is 46.6. The van der Waals surface area contributed by atoms with Crippen LogP contribution in [-0.2, 0) is 65.4 Å². The van der Waals surface area contributed by atoms with Gasteiger partial charge in [-0.15, -0.1) is 0 Å². The van der Waals surface area contributed by atoms with Crippen LogP contribution in [0.5, 0.6) is 0 Å². The lowest BCUT2D eigenvalue weighted by atomic mass is 10.0. The number of ether oxygens (including phenoxy) is 4. The van der Waals surface area contributed by atoms with E-state index in [1.165, 1.54) is 276 Å². The van der Waals surface area contributed by atoms with Gasteiger partial charge in [-0.25, -0.2) is 9.13 Å². The molecule has 0 aliphatic heterocycles. The molecule has 0 bridgehead atoms. The molecule has 0 saturated heterocycles. The minimum Gasteiger partial charge on any atom is -0.462 e. The van der Waals surface area contributed by atoms with Gasteiger partial charge in [0.05, 0.1) is 26.4 Å². The molecule has 0 heterocycles. The van der Waals surface area contributed by atoms with Crippen LogP contribution in [-0.4, -0.2) is 96.7 Å². The third-order valence-electron chi connectivity index (χ3n) is 19.8. The Hall–Kier alpha value is -1.94. The van der Waals surface area contributed by atoms with Gasteiger partial charge in [-0.3, -0.25) is 37.3 Å². The quantitative estimate of drug-likeness (QED) is 0.0222. The molecule has 0 aromatic rings. The average Bonchev–Trinajstić information content (AvgIpc) is 0.928. The van der Waals surface area contributed by atoms with Crippen molar-refractivity contribution in [1.29, 1.82) is 0 Å². The molecule has 103 heavy (non-hydrogen) atoms. The van der Waals surface area contributed by atoms with E-state index in [0.717, 1.165) is 95.8 Å². The number of aliphatic hydroxyl groups excluding tert-OH is 1. The molecule has 3 N–H and O–H groups in total. The number of hydrogen-bond acceptors (Lipinski definition) is 15. The second-order valence-corrected chi connectivity index (χ2v) is 33.6. The van der Waals surface area contributed by atoms with Crippen LogP contribution >= 0.6 is 15.6 Å². The Balaban J connectivity index is 5.24. The second kappa shape index (κ2) is 76.8.